The maximum absolute atomic E-state index is 5.44. The van der Waals surface area contributed by atoms with Crippen molar-refractivity contribution in [2.24, 2.45) is 0 Å². The molecule has 0 spiro atoms. The predicted octanol–water partition coefficient (Wildman–Crippen LogP) is 3.45. The second-order valence-corrected chi connectivity index (χ2v) is 5.93. The minimum Gasteiger partial charge on any atom is -0.370 e. The Morgan fingerprint density at radius 2 is 1.42 bits per heavy atom. The van der Waals surface area contributed by atoms with Crippen molar-refractivity contribution in [3.63, 3.8) is 0 Å². The summed E-state index contributed by atoms with van der Waals surface area (Å²) in [7, 11) is 0. The highest BCUT2D eigenvalue weighted by Gasteiger charge is 2.19. The van der Waals surface area contributed by atoms with Crippen molar-refractivity contribution in [3.05, 3.63) is 60.7 Å². The molecule has 5 heteroatoms. The minimum atomic E-state index is 0.578. The lowest BCUT2D eigenvalue weighted by molar-refractivity contribution is 0.429. The van der Waals surface area contributed by atoms with Gasteiger partial charge in [-0.05, 0) is 35.8 Å². The Hall–Kier alpha value is -2.82. The second-order valence-electron chi connectivity index (χ2n) is 5.93. The smallest absolute Gasteiger partial charge is 0.266 e. The van der Waals surface area contributed by atoms with E-state index in [1.54, 1.807) is 0 Å². The van der Waals surface area contributed by atoms with Crippen molar-refractivity contribution >= 4 is 11.6 Å². The Morgan fingerprint density at radius 1 is 0.750 bits per heavy atom. The molecule has 4 rings (SSSR count). The van der Waals surface area contributed by atoms with Gasteiger partial charge in [0.05, 0.1) is 0 Å². The molecule has 0 unspecified atom stereocenters. The van der Waals surface area contributed by atoms with Crippen LogP contribution >= 0.6 is 0 Å². The zero-order valence-electron chi connectivity index (χ0n) is 13.5. The van der Waals surface area contributed by atoms with Gasteiger partial charge in [-0.3, -0.25) is 0 Å². The Morgan fingerprint density at radius 3 is 2.21 bits per heavy atom. The van der Waals surface area contributed by atoms with Gasteiger partial charge in [-0.2, -0.15) is 4.98 Å². The molecule has 3 aromatic rings. The number of para-hydroxylation sites is 1. The summed E-state index contributed by atoms with van der Waals surface area (Å²) in [6, 6.07) is 20.5. The first-order valence-corrected chi connectivity index (χ1v) is 8.34. The van der Waals surface area contributed by atoms with Crippen LogP contribution in [0.15, 0.2) is 65.2 Å². The molecule has 5 nitrogen and oxygen atoms in total. The summed E-state index contributed by atoms with van der Waals surface area (Å²) in [5.41, 5.74) is 2.23. The summed E-state index contributed by atoms with van der Waals surface area (Å²) in [5, 5.41) is 4.18. The average molecular weight is 320 g/mol. The highest BCUT2D eigenvalue weighted by molar-refractivity contribution is 5.54. The molecule has 24 heavy (non-hydrogen) atoms. The maximum Gasteiger partial charge on any atom is 0.266 e. The first-order chi connectivity index (χ1) is 11.9. The van der Waals surface area contributed by atoms with Gasteiger partial charge in [0.1, 0.15) is 0 Å². The average Bonchev–Trinajstić information content (AvgIpc) is 3.01. The quantitative estimate of drug-likeness (QED) is 0.739. The maximum atomic E-state index is 5.44. The van der Waals surface area contributed by atoms with Crippen molar-refractivity contribution in [1.82, 2.24) is 10.1 Å². The molecular formula is C19H20N4O. The lowest BCUT2D eigenvalue weighted by Crippen LogP contribution is -2.31. The highest BCUT2D eigenvalue weighted by atomic mass is 16.5. The summed E-state index contributed by atoms with van der Waals surface area (Å²) in [5.74, 6) is 1.26. The summed E-state index contributed by atoms with van der Waals surface area (Å²) in [4.78, 5) is 9.20. The third-order valence-corrected chi connectivity index (χ3v) is 4.34. The molecule has 2 aromatic carbocycles. The highest BCUT2D eigenvalue weighted by Crippen LogP contribution is 2.22. The van der Waals surface area contributed by atoms with Crippen LogP contribution in [0.4, 0.5) is 11.6 Å². The number of nitrogens with zero attached hydrogens (tertiary/aromatic N) is 4. The van der Waals surface area contributed by atoms with Gasteiger partial charge in [-0.15, -0.1) is 0 Å². The van der Waals surface area contributed by atoms with Gasteiger partial charge in [0, 0.05) is 37.4 Å². The second kappa shape index (κ2) is 6.74. The van der Waals surface area contributed by atoms with E-state index >= 15 is 0 Å². The van der Waals surface area contributed by atoms with Gasteiger partial charge < -0.3 is 14.3 Å². The van der Waals surface area contributed by atoms with Gasteiger partial charge in [0.15, 0.2) is 0 Å². The van der Waals surface area contributed by atoms with E-state index < -0.39 is 0 Å². The van der Waals surface area contributed by atoms with E-state index in [0.717, 1.165) is 38.2 Å². The Bertz CT molecular complexity index is 772. The van der Waals surface area contributed by atoms with Crippen LogP contribution < -0.4 is 9.80 Å². The van der Waals surface area contributed by atoms with Crippen LogP contribution in [0.3, 0.4) is 0 Å². The van der Waals surface area contributed by atoms with Crippen LogP contribution in [-0.4, -0.2) is 36.3 Å². The molecule has 0 aliphatic carbocycles. The van der Waals surface area contributed by atoms with Gasteiger partial charge in [0.25, 0.3) is 11.8 Å². The Kier molecular flexibility index (Phi) is 4.14. The first kappa shape index (κ1) is 14.8. The minimum absolute atomic E-state index is 0.578. The summed E-state index contributed by atoms with van der Waals surface area (Å²) in [6.07, 6.45) is 1.07. The topological polar surface area (TPSA) is 45.4 Å². The fourth-order valence-corrected chi connectivity index (χ4v) is 3.06. The molecule has 0 saturated carbocycles. The molecule has 0 N–H and O–H groups in total. The SMILES string of the molecule is c1ccc(-c2nc(N3CCCN(c4ccccc4)CC3)no2)cc1. The van der Waals surface area contributed by atoms with Crippen molar-refractivity contribution in [1.29, 1.82) is 0 Å². The van der Waals surface area contributed by atoms with Gasteiger partial charge in [0.2, 0.25) is 0 Å². The molecule has 122 valence electrons. The summed E-state index contributed by atoms with van der Waals surface area (Å²) in [6.45, 7) is 3.84. The Labute approximate surface area is 141 Å². The fraction of sp³-hybridized carbons (Fsp3) is 0.263. The van der Waals surface area contributed by atoms with E-state index in [4.69, 9.17) is 4.52 Å². The number of rotatable bonds is 3. The molecular weight excluding hydrogens is 300 g/mol. The van der Waals surface area contributed by atoms with E-state index in [-0.39, 0.29) is 0 Å². The van der Waals surface area contributed by atoms with Crippen molar-refractivity contribution in [2.45, 2.75) is 6.42 Å². The van der Waals surface area contributed by atoms with Gasteiger partial charge in [-0.1, -0.05) is 36.4 Å². The lowest BCUT2D eigenvalue weighted by Gasteiger charge is -2.22. The van der Waals surface area contributed by atoms with Crippen LogP contribution in [-0.2, 0) is 0 Å². The molecule has 2 heterocycles. The van der Waals surface area contributed by atoms with Crippen LogP contribution in [0.2, 0.25) is 0 Å². The van der Waals surface area contributed by atoms with E-state index in [1.807, 2.05) is 30.3 Å². The van der Waals surface area contributed by atoms with Crippen LogP contribution in [0.25, 0.3) is 11.5 Å². The first-order valence-electron chi connectivity index (χ1n) is 8.34. The molecule has 1 aromatic heterocycles. The monoisotopic (exact) mass is 320 g/mol. The fourth-order valence-electron chi connectivity index (χ4n) is 3.06. The normalized spacial score (nSPS) is 15.3. The molecule has 1 aliphatic rings. The third kappa shape index (κ3) is 3.11. The van der Waals surface area contributed by atoms with Crippen molar-refractivity contribution < 1.29 is 4.52 Å². The molecule has 1 fully saturated rings. The standard InChI is InChI=1S/C19H20N4O/c1-3-8-16(9-4-1)18-20-19(21-24-18)23-13-7-12-22(14-15-23)17-10-5-2-6-11-17/h1-6,8-11H,7,12-15H2. The van der Waals surface area contributed by atoms with Crippen LogP contribution in [0, 0.1) is 0 Å². The molecule has 1 saturated heterocycles. The number of anilines is 2. The zero-order chi connectivity index (χ0) is 16.2. The number of aromatic nitrogens is 2. The molecule has 0 bridgehead atoms. The van der Waals surface area contributed by atoms with E-state index in [9.17, 15) is 0 Å². The molecule has 1 aliphatic heterocycles. The van der Waals surface area contributed by atoms with E-state index in [2.05, 4.69) is 50.3 Å². The van der Waals surface area contributed by atoms with Crippen molar-refractivity contribution in [3.8, 4) is 11.5 Å². The largest absolute Gasteiger partial charge is 0.370 e. The lowest BCUT2D eigenvalue weighted by atomic mass is 10.2. The van der Waals surface area contributed by atoms with Crippen LogP contribution in [0.1, 0.15) is 6.42 Å². The number of benzene rings is 2. The van der Waals surface area contributed by atoms with E-state index in [1.165, 1.54) is 5.69 Å². The summed E-state index contributed by atoms with van der Waals surface area (Å²) >= 11 is 0. The van der Waals surface area contributed by atoms with E-state index in [0.29, 0.717) is 11.8 Å². The molecule has 0 radical (unpaired) electrons. The zero-order valence-corrected chi connectivity index (χ0v) is 13.5. The Balaban J connectivity index is 1.47. The van der Waals surface area contributed by atoms with Gasteiger partial charge >= 0.3 is 0 Å². The molecule has 0 atom stereocenters. The number of hydrogen-bond donors (Lipinski definition) is 0. The molecule has 0 amide bonds. The summed E-state index contributed by atoms with van der Waals surface area (Å²) < 4.78 is 5.44. The van der Waals surface area contributed by atoms with Crippen LogP contribution in [0.5, 0.6) is 0 Å². The number of hydrogen-bond acceptors (Lipinski definition) is 5. The third-order valence-electron chi connectivity index (χ3n) is 4.34. The predicted molar refractivity (Wildman–Crippen MR) is 95.2 cm³/mol. The van der Waals surface area contributed by atoms with Gasteiger partial charge in [-0.25, -0.2) is 0 Å². The van der Waals surface area contributed by atoms with Crippen molar-refractivity contribution in [2.75, 3.05) is 36.0 Å².